The van der Waals surface area contributed by atoms with Crippen LogP contribution < -0.4 is 18.9 Å². The molecule has 0 spiro atoms. The van der Waals surface area contributed by atoms with Crippen LogP contribution in [0.25, 0.3) is 11.1 Å². The average molecular weight is 398 g/mol. The Bertz CT molecular complexity index is 966. The standard InChI is InChI=1S/C22H22O7/c1-26-17-6-5-12(7-14(17)11-23)15-10-16(24)21(25)20(15)13-8-18(27-2)22(29-4)19(9-13)28-3/h5-9,11,16,24H,10H2,1-4H3. The summed E-state index contributed by atoms with van der Waals surface area (Å²) in [7, 11) is 5.95. The van der Waals surface area contributed by atoms with E-state index in [1.54, 1.807) is 30.3 Å². The molecule has 7 nitrogen and oxygen atoms in total. The van der Waals surface area contributed by atoms with Crippen molar-refractivity contribution in [3.8, 4) is 23.0 Å². The first-order chi connectivity index (χ1) is 14.0. The summed E-state index contributed by atoms with van der Waals surface area (Å²) in [4.78, 5) is 24.2. The van der Waals surface area contributed by atoms with Gasteiger partial charge < -0.3 is 24.1 Å². The summed E-state index contributed by atoms with van der Waals surface area (Å²) in [6, 6.07) is 8.39. The second-order valence-electron chi connectivity index (χ2n) is 6.43. The number of methoxy groups -OCH3 is 4. The highest BCUT2D eigenvalue weighted by Crippen LogP contribution is 2.44. The van der Waals surface area contributed by atoms with Crippen molar-refractivity contribution in [1.29, 1.82) is 0 Å². The van der Waals surface area contributed by atoms with Gasteiger partial charge in [-0.05, 0) is 41.0 Å². The Kier molecular flexibility index (Phi) is 5.89. The number of hydrogen-bond acceptors (Lipinski definition) is 7. The minimum atomic E-state index is -1.17. The van der Waals surface area contributed by atoms with Crippen LogP contribution in [0, 0.1) is 0 Å². The molecule has 0 aliphatic heterocycles. The summed E-state index contributed by atoms with van der Waals surface area (Å²) in [6.45, 7) is 0. The molecule has 1 unspecified atom stereocenters. The monoisotopic (exact) mass is 398 g/mol. The molecule has 0 heterocycles. The zero-order valence-corrected chi connectivity index (χ0v) is 16.6. The number of carbonyl (C=O) groups is 2. The lowest BCUT2D eigenvalue weighted by Crippen LogP contribution is -2.14. The SMILES string of the molecule is COc1ccc(C2=C(c3cc(OC)c(OC)c(OC)c3)C(=O)C(O)C2)cc1C=O. The lowest BCUT2D eigenvalue weighted by atomic mass is 9.95. The van der Waals surface area contributed by atoms with Gasteiger partial charge in [0.25, 0.3) is 0 Å². The van der Waals surface area contributed by atoms with Gasteiger partial charge in [0.1, 0.15) is 11.9 Å². The van der Waals surface area contributed by atoms with Crippen molar-refractivity contribution in [2.75, 3.05) is 28.4 Å². The van der Waals surface area contributed by atoms with Crippen molar-refractivity contribution < 1.29 is 33.6 Å². The average Bonchev–Trinajstić information content (AvgIpc) is 3.06. The third kappa shape index (κ3) is 3.56. The zero-order valence-electron chi connectivity index (χ0n) is 16.6. The molecule has 2 aromatic rings. The quantitative estimate of drug-likeness (QED) is 0.717. The molecule has 1 atom stereocenters. The number of benzene rings is 2. The second kappa shape index (κ2) is 8.36. The summed E-state index contributed by atoms with van der Waals surface area (Å²) in [5, 5.41) is 10.3. The minimum absolute atomic E-state index is 0.134. The number of carbonyl (C=O) groups excluding carboxylic acids is 2. The molecule has 0 bridgehead atoms. The molecule has 0 fully saturated rings. The van der Waals surface area contributed by atoms with Crippen molar-refractivity contribution in [3.63, 3.8) is 0 Å². The molecule has 1 aliphatic carbocycles. The third-order valence-electron chi connectivity index (χ3n) is 4.91. The molecule has 1 N–H and O–H groups in total. The van der Waals surface area contributed by atoms with Gasteiger partial charge in [0.2, 0.25) is 5.75 Å². The number of ketones is 1. The molecule has 0 saturated carbocycles. The number of hydrogen-bond donors (Lipinski definition) is 1. The molecular formula is C22H22O7. The molecule has 7 heteroatoms. The Morgan fingerprint density at radius 1 is 0.897 bits per heavy atom. The van der Waals surface area contributed by atoms with Crippen LogP contribution in [-0.2, 0) is 4.79 Å². The normalized spacial score (nSPS) is 16.0. The van der Waals surface area contributed by atoms with Crippen LogP contribution >= 0.6 is 0 Å². The van der Waals surface area contributed by atoms with Gasteiger partial charge in [0, 0.05) is 12.0 Å². The Hall–Kier alpha value is -3.32. The molecule has 0 amide bonds. The Labute approximate surface area is 168 Å². The van der Waals surface area contributed by atoms with Gasteiger partial charge in [0.15, 0.2) is 23.6 Å². The summed E-state index contributed by atoms with van der Waals surface area (Å²) >= 11 is 0. The van der Waals surface area contributed by atoms with Gasteiger partial charge in [-0.1, -0.05) is 6.07 Å². The molecule has 29 heavy (non-hydrogen) atoms. The lowest BCUT2D eigenvalue weighted by Gasteiger charge is -2.15. The van der Waals surface area contributed by atoms with E-state index in [2.05, 4.69) is 0 Å². The van der Waals surface area contributed by atoms with Crippen LogP contribution in [0.5, 0.6) is 23.0 Å². The van der Waals surface area contributed by atoms with E-state index in [1.165, 1.54) is 28.4 Å². The fraction of sp³-hybridized carbons (Fsp3) is 0.273. The first-order valence-electron chi connectivity index (χ1n) is 8.88. The maximum absolute atomic E-state index is 12.8. The van der Waals surface area contributed by atoms with Crippen LogP contribution in [-0.4, -0.2) is 51.7 Å². The molecule has 152 valence electrons. The number of aliphatic hydroxyl groups excluding tert-OH is 1. The molecule has 0 radical (unpaired) electrons. The third-order valence-corrected chi connectivity index (χ3v) is 4.91. The number of aldehydes is 1. The summed E-state index contributed by atoms with van der Waals surface area (Å²) in [5.41, 5.74) is 2.51. The number of Topliss-reactive ketones (excluding diaryl/α,β-unsaturated/α-hetero) is 1. The van der Waals surface area contributed by atoms with Crippen LogP contribution in [0.3, 0.4) is 0 Å². The van der Waals surface area contributed by atoms with Crippen LogP contribution in [0.2, 0.25) is 0 Å². The van der Waals surface area contributed by atoms with E-state index in [1.807, 2.05) is 0 Å². The van der Waals surface area contributed by atoms with Crippen molar-refractivity contribution in [2.24, 2.45) is 0 Å². The van der Waals surface area contributed by atoms with Crippen LogP contribution in [0.15, 0.2) is 30.3 Å². The van der Waals surface area contributed by atoms with Crippen molar-refractivity contribution in [3.05, 3.63) is 47.0 Å². The summed E-state index contributed by atoms with van der Waals surface area (Å²) in [5.74, 6) is 1.22. The first kappa shape index (κ1) is 20.4. The van der Waals surface area contributed by atoms with Gasteiger partial charge in [0.05, 0.1) is 34.0 Å². The summed E-state index contributed by atoms with van der Waals surface area (Å²) < 4.78 is 21.3. The Morgan fingerprint density at radius 3 is 2.03 bits per heavy atom. The van der Waals surface area contributed by atoms with Crippen LogP contribution in [0.1, 0.15) is 27.9 Å². The molecule has 2 aromatic carbocycles. The number of rotatable bonds is 7. The highest BCUT2D eigenvalue weighted by atomic mass is 16.5. The predicted octanol–water partition coefficient (Wildman–Crippen LogP) is 2.78. The minimum Gasteiger partial charge on any atom is -0.496 e. The van der Waals surface area contributed by atoms with Gasteiger partial charge in [-0.25, -0.2) is 0 Å². The largest absolute Gasteiger partial charge is 0.496 e. The first-order valence-corrected chi connectivity index (χ1v) is 8.88. The summed E-state index contributed by atoms with van der Waals surface area (Å²) in [6.07, 6.45) is -0.342. The molecular weight excluding hydrogens is 376 g/mol. The van der Waals surface area contributed by atoms with Crippen molar-refractivity contribution in [1.82, 2.24) is 0 Å². The fourth-order valence-corrected chi connectivity index (χ4v) is 3.52. The number of ether oxygens (including phenoxy) is 4. The predicted molar refractivity (Wildman–Crippen MR) is 107 cm³/mol. The van der Waals surface area contributed by atoms with Crippen molar-refractivity contribution >= 4 is 23.2 Å². The molecule has 0 aromatic heterocycles. The van der Waals surface area contributed by atoms with Gasteiger partial charge in [-0.3, -0.25) is 9.59 Å². The Balaban J connectivity index is 2.24. The van der Waals surface area contributed by atoms with Crippen LogP contribution in [0.4, 0.5) is 0 Å². The van der Waals surface area contributed by atoms with E-state index in [0.717, 1.165) is 0 Å². The van der Waals surface area contributed by atoms with Gasteiger partial charge in [-0.2, -0.15) is 0 Å². The number of aliphatic hydroxyl groups is 1. The van der Waals surface area contributed by atoms with Gasteiger partial charge >= 0.3 is 0 Å². The topological polar surface area (TPSA) is 91.3 Å². The highest BCUT2D eigenvalue weighted by molar-refractivity contribution is 6.33. The molecule has 3 rings (SSSR count). The van der Waals surface area contributed by atoms with Gasteiger partial charge in [-0.15, -0.1) is 0 Å². The fourth-order valence-electron chi connectivity index (χ4n) is 3.52. The lowest BCUT2D eigenvalue weighted by molar-refractivity contribution is -0.120. The van der Waals surface area contributed by atoms with E-state index in [0.29, 0.717) is 57.1 Å². The Morgan fingerprint density at radius 2 is 1.52 bits per heavy atom. The maximum Gasteiger partial charge on any atom is 0.203 e. The molecule has 0 saturated heterocycles. The second-order valence-corrected chi connectivity index (χ2v) is 6.43. The van der Waals surface area contributed by atoms with E-state index in [-0.39, 0.29) is 6.42 Å². The van der Waals surface area contributed by atoms with E-state index >= 15 is 0 Å². The smallest absolute Gasteiger partial charge is 0.203 e. The van der Waals surface area contributed by atoms with E-state index in [4.69, 9.17) is 18.9 Å². The highest BCUT2D eigenvalue weighted by Gasteiger charge is 2.34. The van der Waals surface area contributed by atoms with Crippen molar-refractivity contribution in [2.45, 2.75) is 12.5 Å². The zero-order chi connectivity index (χ0) is 21.1. The van der Waals surface area contributed by atoms with E-state index in [9.17, 15) is 14.7 Å². The van der Waals surface area contributed by atoms with E-state index < -0.39 is 11.9 Å². The maximum atomic E-state index is 12.8. The molecule has 1 aliphatic rings.